The molecule has 0 saturated carbocycles. The van der Waals surface area contributed by atoms with E-state index in [1.807, 2.05) is 0 Å². The molecule has 6 heteroatoms. The minimum absolute atomic E-state index is 0.479. The number of carbonyl (C=O) groups excluding carboxylic acids is 1. The largest absolute Gasteiger partial charge is 0.491 e. The minimum atomic E-state index is -1.57. The Hall–Kier alpha value is -1.23. The van der Waals surface area contributed by atoms with Gasteiger partial charge in [0, 0.05) is 0 Å². The molecule has 0 aliphatic rings. The average Bonchev–Trinajstić information content (AvgIpc) is 2.12. The monoisotopic (exact) mass is 224 g/mol. The minimum Gasteiger partial charge on any atom is -0.491 e. The number of benzene rings is 1. The van der Waals surface area contributed by atoms with Crippen LogP contribution in [0.4, 0.5) is 13.2 Å². The second-order valence-corrected chi connectivity index (χ2v) is 2.68. The summed E-state index contributed by atoms with van der Waals surface area (Å²) in [5.41, 5.74) is -0.859. The lowest BCUT2D eigenvalue weighted by Crippen LogP contribution is -2.03. The molecule has 14 heavy (non-hydrogen) atoms. The van der Waals surface area contributed by atoms with Gasteiger partial charge in [0.15, 0.2) is 17.4 Å². The maximum Gasteiger partial charge on any atom is 0.255 e. The maximum absolute atomic E-state index is 13.0. The molecule has 0 aliphatic heterocycles. The third kappa shape index (κ3) is 1.68. The van der Waals surface area contributed by atoms with E-state index in [1.54, 1.807) is 0 Å². The van der Waals surface area contributed by atoms with Crippen LogP contribution in [0, 0.1) is 17.5 Å². The zero-order chi connectivity index (χ0) is 10.9. The molecule has 0 spiro atoms. The molecular formula is C8H4ClF3O2. The van der Waals surface area contributed by atoms with E-state index in [9.17, 15) is 18.0 Å². The van der Waals surface area contributed by atoms with Crippen LogP contribution in [0.2, 0.25) is 0 Å². The van der Waals surface area contributed by atoms with Gasteiger partial charge in [-0.2, -0.15) is 4.39 Å². The Morgan fingerprint density at radius 2 is 1.93 bits per heavy atom. The van der Waals surface area contributed by atoms with Crippen LogP contribution in [0.15, 0.2) is 6.07 Å². The van der Waals surface area contributed by atoms with Crippen molar-refractivity contribution in [2.24, 2.45) is 0 Å². The second-order valence-electron chi connectivity index (χ2n) is 2.34. The normalized spacial score (nSPS) is 10.1. The van der Waals surface area contributed by atoms with E-state index < -0.39 is 34.0 Å². The molecule has 0 amide bonds. The lowest BCUT2D eigenvalue weighted by atomic mass is 10.2. The van der Waals surface area contributed by atoms with Gasteiger partial charge < -0.3 is 4.74 Å². The first-order valence-electron chi connectivity index (χ1n) is 3.40. The standard InChI is InChI=1S/C8H4ClF3O2/c1-14-7-4(10)2-3(8(9)13)5(11)6(7)12/h2H,1H3. The predicted molar refractivity (Wildman–Crippen MR) is 43.1 cm³/mol. The average molecular weight is 225 g/mol. The van der Waals surface area contributed by atoms with E-state index in [-0.39, 0.29) is 0 Å². The number of carbonyl (C=O) groups is 1. The third-order valence-corrected chi connectivity index (χ3v) is 1.74. The van der Waals surface area contributed by atoms with E-state index in [0.29, 0.717) is 6.07 Å². The van der Waals surface area contributed by atoms with Gasteiger partial charge in [0.2, 0.25) is 5.82 Å². The van der Waals surface area contributed by atoms with Gasteiger partial charge in [-0.15, -0.1) is 0 Å². The van der Waals surface area contributed by atoms with E-state index in [0.717, 1.165) is 7.11 Å². The lowest BCUT2D eigenvalue weighted by Gasteiger charge is -2.05. The van der Waals surface area contributed by atoms with Crippen LogP contribution < -0.4 is 4.74 Å². The number of ether oxygens (including phenoxy) is 1. The van der Waals surface area contributed by atoms with Gasteiger partial charge >= 0.3 is 0 Å². The molecule has 0 bridgehead atoms. The summed E-state index contributed by atoms with van der Waals surface area (Å²) >= 11 is 4.89. The molecule has 2 nitrogen and oxygen atoms in total. The topological polar surface area (TPSA) is 26.3 Å². The van der Waals surface area contributed by atoms with Crippen LogP contribution in [-0.4, -0.2) is 12.4 Å². The van der Waals surface area contributed by atoms with E-state index in [4.69, 9.17) is 11.6 Å². The molecule has 0 saturated heterocycles. The van der Waals surface area contributed by atoms with Gasteiger partial charge in [0.25, 0.3) is 5.24 Å². The molecule has 0 fully saturated rings. The first-order valence-corrected chi connectivity index (χ1v) is 3.78. The van der Waals surface area contributed by atoms with E-state index in [1.165, 1.54) is 0 Å². The number of halogens is 4. The van der Waals surface area contributed by atoms with Crippen molar-refractivity contribution in [3.8, 4) is 5.75 Å². The summed E-state index contributed by atoms with van der Waals surface area (Å²) in [5.74, 6) is -5.17. The Kier molecular flexibility index (Phi) is 3.00. The molecule has 0 atom stereocenters. The van der Waals surface area contributed by atoms with Crippen molar-refractivity contribution in [2.45, 2.75) is 0 Å². The van der Waals surface area contributed by atoms with Crippen LogP contribution in [0.25, 0.3) is 0 Å². The van der Waals surface area contributed by atoms with Crippen LogP contribution in [0.5, 0.6) is 5.75 Å². The number of hydrogen-bond acceptors (Lipinski definition) is 2. The molecule has 0 unspecified atom stereocenters. The van der Waals surface area contributed by atoms with Crippen molar-refractivity contribution in [3.63, 3.8) is 0 Å². The van der Waals surface area contributed by atoms with Gasteiger partial charge in [0.1, 0.15) is 0 Å². The molecule has 0 aliphatic carbocycles. The van der Waals surface area contributed by atoms with Gasteiger partial charge in [-0.25, -0.2) is 8.78 Å². The molecule has 1 aromatic rings. The highest BCUT2D eigenvalue weighted by atomic mass is 35.5. The highest BCUT2D eigenvalue weighted by Gasteiger charge is 2.22. The summed E-state index contributed by atoms with van der Waals surface area (Å²) in [5, 5.41) is -1.28. The van der Waals surface area contributed by atoms with Crippen molar-refractivity contribution in [2.75, 3.05) is 7.11 Å². The quantitative estimate of drug-likeness (QED) is 0.570. The highest BCUT2D eigenvalue weighted by Crippen LogP contribution is 2.26. The summed E-state index contributed by atoms with van der Waals surface area (Å²) in [7, 11) is 0.975. The van der Waals surface area contributed by atoms with Crippen molar-refractivity contribution in [1.29, 1.82) is 0 Å². The Bertz CT molecular complexity index is 393. The van der Waals surface area contributed by atoms with Crippen LogP contribution in [0.1, 0.15) is 10.4 Å². The molecule has 0 heterocycles. The lowest BCUT2D eigenvalue weighted by molar-refractivity contribution is 0.107. The van der Waals surface area contributed by atoms with Gasteiger partial charge in [-0.3, -0.25) is 4.79 Å². The van der Waals surface area contributed by atoms with E-state index in [2.05, 4.69) is 4.74 Å². The summed E-state index contributed by atoms with van der Waals surface area (Å²) < 4.78 is 43.0. The fourth-order valence-electron chi connectivity index (χ4n) is 0.909. The highest BCUT2D eigenvalue weighted by molar-refractivity contribution is 6.67. The van der Waals surface area contributed by atoms with Gasteiger partial charge in [-0.1, -0.05) is 0 Å². The third-order valence-electron chi connectivity index (χ3n) is 1.53. The fraction of sp³-hybridized carbons (Fsp3) is 0.125. The molecule has 0 N–H and O–H groups in total. The van der Waals surface area contributed by atoms with E-state index >= 15 is 0 Å². The van der Waals surface area contributed by atoms with Crippen LogP contribution in [0.3, 0.4) is 0 Å². The van der Waals surface area contributed by atoms with Crippen molar-refractivity contribution >= 4 is 16.8 Å². The fourth-order valence-corrected chi connectivity index (χ4v) is 1.05. The molecule has 0 radical (unpaired) electrons. The van der Waals surface area contributed by atoms with Gasteiger partial charge in [-0.05, 0) is 17.7 Å². The summed E-state index contributed by atoms with van der Waals surface area (Å²) in [6, 6.07) is 0.479. The maximum atomic E-state index is 13.0. The number of rotatable bonds is 2. The van der Waals surface area contributed by atoms with Crippen molar-refractivity contribution in [3.05, 3.63) is 29.1 Å². The first kappa shape index (κ1) is 10.8. The SMILES string of the molecule is COc1c(F)cc(C(=O)Cl)c(F)c1F. The smallest absolute Gasteiger partial charge is 0.255 e. The zero-order valence-corrected chi connectivity index (χ0v) is 7.66. The summed E-state index contributed by atoms with van der Waals surface area (Å²) in [6.07, 6.45) is 0. The Morgan fingerprint density at radius 1 is 1.36 bits per heavy atom. The predicted octanol–water partition coefficient (Wildman–Crippen LogP) is 2.49. The van der Waals surface area contributed by atoms with Crippen molar-refractivity contribution < 1.29 is 22.7 Å². The zero-order valence-electron chi connectivity index (χ0n) is 6.91. The second kappa shape index (κ2) is 3.88. The molecule has 1 rings (SSSR count). The Labute approximate surface area is 82.2 Å². The van der Waals surface area contributed by atoms with Crippen LogP contribution in [-0.2, 0) is 0 Å². The Morgan fingerprint density at radius 3 is 2.36 bits per heavy atom. The van der Waals surface area contributed by atoms with Gasteiger partial charge in [0.05, 0.1) is 12.7 Å². The van der Waals surface area contributed by atoms with Crippen molar-refractivity contribution in [1.82, 2.24) is 0 Å². The first-order chi connectivity index (χ1) is 6.49. The van der Waals surface area contributed by atoms with Crippen LogP contribution >= 0.6 is 11.6 Å². The molecular weight excluding hydrogens is 221 g/mol. The molecule has 76 valence electrons. The Balaban J connectivity index is 3.47. The number of methoxy groups -OCH3 is 1. The number of hydrogen-bond donors (Lipinski definition) is 0. The summed E-state index contributed by atoms with van der Waals surface area (Å²) in [6.45, 7) is 0. The summed E-state index contributed by atoms with van der Waals surface area (Å²) in [4.78, 5) is 10.5. The molecule has 1 aromatic carbocycles. The molecule has 0 aromatic heterocycles.